The summed E-state index contributed by atoms with van der Waals surface area (Å²) in [6.45, 7) is 10.5. The van der Waals surface area contributed by atoms with Crippen molar-refractivity contribution in [2.45, 2.75) is 27.2 Å². The van der Waals surface area contributed by atoms with E-state index < -0.39 is 0 Å². The smallest absolute Gasteiger partial charge is 0.341 e. The molecule has 110 valence electrons. The Hall–Kier alpha value is -1.40. The minimum absolute atomic E-state index is 0.325. The Labute approximate surface area is 129 Å². The number of ether oxygens (including phenoxy) is 1. The summed E-state index contributed by atoms with van der Waals surface area (Å²) in [5, 5.41) is 7.28. The Balaban J connectivity index is 2.82. The normalized spacial score (nSPS) is 9.95. The first-order chi connectivity index (χ1) is 9.47. The number of carbonyl (C=O) groups excluding carboxylic acids is 1. The van der Waals surface area contributed by atoms with Crippen molar-refractivity contribution in [2.24, 2.45) is 0 Å². The molecule has 0 atom stereocenters. The number of nitrogens with one attached hydrogen (secondary N) is 2. The molecular formula is C14H20N2O2S2. The largest absolute Gasteiger partial charge is 0.462 e. The highest BCUT2D eigenvalue weighted by molar-refractivity contribution is 7.80. The van der Waals surface area contributed by atoms with Crippen molar-refractivity contribution >= 4 is 39.6 Å². The molecule has 0 saturated heterocycles. The number of aryl methyl sites for hydroxylation is 1. The van der Waals surface area contributed by atoms with Crippen molar-refractivity contribution in [3.05, 3.63) is 28.7 Å². The Morgan fingerprint density at radius 3 is 2.75 bits per heavy atom. The van der Waals surface area contributed by atoms with Crippen molar-refractivity contribution in [3.63, 3.8) is 0 Å². The van der Waals surface area contributed by atoms with Gasteiger partial charge in [0.15, 0.2) is 5.11 Å². The lowest BCUT2D eigenvalue weighted by Gasteiger charge is -2.10. The van der Waals surface area contributed by atoms with Gasteiger partial charge in [0, 0.05) is 11.4 Å². The zero-order valence-electron chi connectivity index (χ0n) is 12.0. The van der Waals surface area contributed by atoms with Gasteiger partial charge in [0.1, 0.15) is 5.00 Å². The van der Waals surface area contributed by atoms with Gasteiger partial charge in [-0.05, 0) is 38.6 Å². The van der Waals surface area contributed by atoms with Crippen LogP contribution in [-0.2, 0) is 11.2 Å². The van der Waals surface area contributed by atoms with Crippen molar-refractivity contribution in [2.75, 3.05) is 18.5 Å². The molecule has 1 aromatic heterocycles. The summed E-state index contributed by atoms with van der Waals surface area (Å²) >= 11 is 6.72. The van der Waals surface area contributed by atoms with Gasteiger partial charge in [-0.25, -0.2) is 4.79 Å². The van der Waals surface area contributed by atoms with E-state index >= 15 is 0 Å². The number of anilines is 1. The van der Waals surface area contributed by atoms with Crippen LogP contribution in [0, 0.1) is 0 Å². The third-order valence-corrected chi connectivity index (χ3v) is 3.85. The Morgan fingerprint density at radius 2 is 2.20 bits per heavy atom. The number of rotatable bonds is 6. The van der Waals surface area contributed by atoms with Crippen LogP contribution in [0.25, 0.3) is 0 Å². The zero-order valence-corrected chi connectivity index (χ0v) is 13.7. The predicted octanol–water partition coefficient (Wildman–Crippen LogP) is 3.35. The molecule has 1 rings (SSSR count). The third kappa shape index (κ3) is 4.94. The molecule has 1 heterocycles. The van der Waals surface area contributed by atoms with Crippen LogP contribution in [0.2, 0.25) is 0 Å². The highest BCUT2D eigenvalue weighted by Crippen LogP contribution is 2.29. The second-order valence-corrected chi connectivity index (χ2v) is 5.84. The summed E-state index contributed by atoms with van der Waals surface area (Å²) in [6, 6.07) is 1.85. The lowest BCUT2D eigenvalue weighted by atomic mass is 10.2. The molecule has 0 aliphatic rings. The molecule has 1 aromatic rings. The van der Waals surface area contributed by atoms with Gasteiger partial charge in [-0.1, -0.05) is 19.1 Å². The lowest BCUT2D eigenvalue weighted by Crippen LogP contribution is -2.29. The summed E-state index contributed by atoms with van der Waals surface area (Å²) in [4.78, 5) is 13.0. The van der Waals surface area contributed by atoms with Crippen LogP contribution in [0.5, 0.6) is 0 Å². The van der Waals surface area contributed by atoms with Crippen molar-refractivity contribution < 1.29 is 9.53 Å². The Kier molecular flexibility index (Phi) is 6.67. The summed E-state index contributed by atoms with van der Waals surface area (Å²) in [6.07, 6.45) is 0.866. The molecular weight excluding hydrogens is 292 g/mol. The minimum atomic E-state index is -0.325. The number of thiocarbonyl (C=S) groups is 1. The number of esters is 1. The van der Waals surface area contributed by atoms with Gasteiger partial charge in [-0.15, -0.1) is 11.3 Å². The van der Waals surface area contributed by atoms with Gasteiger partial charge < -0.3 is 15.4 Å². The van der Waals surface area contributed by atoms with Crippen molar-refractivity contribution in [3.8, 4) is 0 Å². The predicted molar refractivity (Wildman–Crippen MR) is 88.7 cm³/mol. The molecule has 0 aliphatic heterocycles. The maximum Gasteiger partial charge on any atom is 0.341 e. The fraction of sp³-hybridized carbons (Fsp3) is 0.429. The van der Waals surface area contributed by atoms with E-state index in [0.717, 1.165) is 21.9 Å². The Morgan fingerprint density at radius 1 is 1.50 bits per heavy atom. The number of hydrogen-bond donors (Lipinski definition) is 2. The van der Waals surface area contributed by atoms with Crippen LogP contribution in [0.1, 0.15) is 36.0 Å². The molecule has 0 spiro atoms. The summed E-state index contributed by atoms with van der Waals surface area (Å²) in [5.41, 5.74) is 1.52. The van der Waals surface area contributed by atoms with E-state index in [1.807, 2.05) is 19.9 Å². The minimum Gasteiger partial charge on any atom is -0.462 e. The lowest BCUT2D eigenvalue weighted by molar-refractivity contribution is 0.0528. The molecule has 6 heteroatoms. The van der Waals surface area contributed by atoms with Gasteiger partial charge in [-0.3, -0.25) is 0 Å². The maximum absolute atomic E-state index is 11.9. The summed E-state index contributed by atoms with van der Waals surface area (Å²) < 4.78 is 5.06. The summed E-state index contributed by atoms with van der Waals surface area (Å²) in [7, 11) is 0. The molecule has 0 radical (unpaired) electrons. The van der Waals surface area contributed by atoms with Gasteiger partial charge in [0.05, 0.1) is 12.2 Å². The highest BCUT2D eigenvalue weighted by atomic mass is 32.1. The van der Waals surface area contributed by atoms with Crippen molar-refractivity contribution in [1.29, 1.82) is 0 Å². The van der Waals surface area contributed by atoms with Gasteiger partial charge in [0.25, 0.3) is 0 Å². The molecule has 20 heavy (non-hydrogen) atoms. The van der Waals surface area contributed by atoms with E-state index in [9.17, 15) is 4.79 Å². The summed E-state index contributed by atoms with van der Waals surface area (Å²) in [5.74, 6) is -0.325. The maximum atomic E-state index is 11.9. The van der Waals surface area contributed by atoms with Crippen LogP contribution in [-0.4, -0.2) is 24.2 Å². The van der Waals surface area contributed by atoms with Crippen LogP contribution in [0.15, 0.2) is 18.2 Å². The molecule has 0 saturated carbocycles. The van der Waals surface area contributed by atoms with E-state index in [1.165, 1.54) is 11.3 Å². The first-order valence-electron chi connectivity index (χ1n) is 6.47. The number of thiophene rings is 1. The number of carbonyl (C=O) groups is 1. The molecule has 4 nitrogen and oxygen atoms in total. The molecule has 0 aliphatic carbocycles. The van der Waals surface area contributed by atoms with Crippen LogP contribution >= 0.6 is 23.6 Å². The molecule has 0 unspecified atom stereocenters. The van der Waals surface area contributed by atoms with E-state index in [2.05, 4.69) is 17.2 Å². The zero-order chi connectivity index (χ0) is 15.1. The van der Waals surface area contributed by atoms with Crippen LogP contribution in [0.4, 0.5) is 5.00 Å². The Bertz CT molecular complexity index is 509. The quantitative estimate of drug-likeness (QED) is 0.479. The number of hydrogen-bond acceptors (Lipinski definition) is 4. The molecule has 2 N–H and O–H groups in total. The molecule has 0 bridgehead atoms. The first kappa shape index (κ1) is 16.7. The fourth-order valence-corrected chi connectivity index (χ4v) is 2.68. The second kappa shape index (κ2) is 8.01. The van der Waals surface area contributed by atoms with Crippen molar-refractivity contribution in [1.82, 2.24) is 5.32 Å². The van der Waals surface area contributed by atoms with E-state index in [4.69, 9.17) is 17.0 Å². The van der Waals surface area contributed by atoms with Crippen LogP contribution in [0.3, 0.4) is 0 Å². The topological polar surface area (TPSA) is 50.4 Å². The van der Waals surface area contributed by atoms with E-state index in [-0.39, 0.29) is 5.97 Å². The fourth-order valence-electron chi connectivity index (χ4n) is 1.45. The van der Waals surface area contributed by atoms with E-state index in [0.29, 0.717) is 23.8 Å². The monoisotopic (exact) mass is 312 g/mol. The molecule has 0 fully saturated rings. The molecule has 0 aromatic carbocycles. The average Bonchev–Trinajstić information content (AvgIpc) is 2.80. The first-order valence-corrected chi connectivity index (χ1v) is 7.69. The highest BCUT2D eigenvalue weighted by Gasteiger charge is 2.17. The standard InChI is InChI=1S/C14H20N2O2S2/c1-5-10-7-11(13(17)18-6-2)12(20-10)16-14(19)15-8-9(3)4/h7H,3,5-6,8H2,1-2,4H3,(H2,15,16,19). The average molecular weight is 312 g/mol. The SMILES string of the molecule is C=C(C)CNC(=S)Nc1sc(CC)cc1C(=O)OCC. The van der Waals surface area contributed by atoms with Gasteiger partial charge in [0.2, 0.25) is 0 Å². The van der Waals surface area contributed by atoms with Gasteiger partial charge >= 0.3 is 5.97 Å². The van der Waals surface area contributed by atoms with E-state index in [1.54, 1.807) is 6.92 Å². The third-order valence-electron chi connectivity index (χ3n) is 2.40. The van der Waals surface area contributed by atoms with Crippen LogP contribution < -0.4 is 10.6 Å². The molecule has 0 amide bonds. The second-order valence-electron chi connectivity index (χ2n) is 4.29. The van der Waals surface area contributed by atoms with Gasteiger partial charge in [-0.2, -0.15) is 0 Å².